The summed E-state index contributed by atoms with van der Waals surface area (Å²) in [6.07, 6.45) is 1.34. The maximum absolute atomic E-state index is 14.5. The third kappa shape index (κ3) is 7.34. The zero-order valence-corrected chi connectivity index (χ0v) is 20.9. The highest BCUT2D eigenvalue weighted by molar-refractivity contribution is 5.43. The smallest absolute Gasteiger partial charge is 0.227 e. The second-order valence-electron chi connectivity index (χ2n) is 8.90. The predicted octanol–water partition coefficient (Wildman–Crippen LogP) is 5.64. The molecule has 0 saturated heterocycles. The van der Waals surface area contributed by atoms with Gasteiger partial charge in [-0.3, -0.25) is 4.90 Å². The molecule has 0 bridgehead atoms. The van der Waals surface area contributed by atoms with Crippen molar-refractivity contribution < 1.29 is 23.4 Å². The molecular weight excluding hydrogens is 452 g/mol. The molecule has 0 radical (unpaired) electrons. The highest BCUT2D eigenvalue weighted by Crippen LogP contribution is 2.33. The molecule has 1 atom stereocenters. The summed E-state index contributed by atoms with van der Waals surface area (Å²) in [6, 6.07) is 12.1. The minimum Gasteiger partial charge on any atom is -0.435 e. The van der Waals surface area contributed by atoms with Gasteiger partial charge < -0.3 is 14.6 Å². The Morgan fingerprint density at radius 3 is 2.46 bits per heavy atom. The van der Waals surface area contributed by atoms with Gasteiger partial charge in [0.05, 0.1) is 29.7 Å². The van der Waals surface area contributed by atoms with Gasteiger partial charge in [0.2, 0.25) is 5.88 Å². The fourth-order valence-electron chi connectivity index (χ4n) is 3.66. The van der Waals surface area contributed by atoms with E-state index >= 15 is 0 Å². The molecule has 3 rings (SSSR count). The van der Waals surface area contributed by atoms with Gasteiger partial charge in [-0.1, -0.05) is 25.5 Å². The molecule has 0 saturated carbocycles. The molecule has 1 heterocycles. The molecule has 1 aromatic heterocycles. The van der Waals surface area contributed by atoms with Gasteiger partial charge in [-0.15, -0.1) is 0 Å². The van der Waals surface area contributed by atoms with Crippen LogP contribution in [-0.2, 0) is 11.3 Å². The molecule has 3 aromatic rings. The quantitative estimate of drug-likeness (QED) is 0.316. The van der Waals surface area contributed by atoms with Crippen LogP contribution in [0.5, 0.6) is 11.6 Å². The van der Waals surface area contributed by atoms with Crippen LogP contribution >= 0.6 is 0 Å². The SMILES string of the molecule is CCCCOC[C@@H](O)CN(Cc1c(C)nn(-c2ccc(F)cc2)c1Oc1ccccc1F)C(C)C. The molecule has 0 fully saturated rings. The van der Waals surface area contributed by atoms with Crippen molar-refractivity contribution in [3.63, 3.8) is 0 Å². The molecular formula is C27H35F2N3O3. The first-order valence-electron chi connectivity index (χ1n) is 12.1. The number of ether oxygens (including phenoxy) is 2. The number of nitrogens with zero attached hydrogens (tertiary/aromatic N) is 3. The first-order chi connectivity index (χ1) is 16.8. The Labute approximate surface area is 206 Å². The highest BCUT2D eigenvalue weighted by atomic mass is 19.1. The number of aliphatic hydroxyl groups excluding tert-OH is 1. The van der Waals surface area contributed by atoms with Crippen LogP contribution in [0.2, 0.25) is 0 Å². The summed E-state index contributed by atoms with van der Waals surface area (Å²) in [5.74, 6) is -0.449. The first-order valence-corrected chi connectivity index (χ1v) is 12.1. The van der Waals surface area contributed by atoms with Crippen LogP contribution in [-0.4, -0.2) is 51.7 Å². The van der Waals surface area contributed by atoms with Crippen molar-refractivity contribution in [2.45, 2.75) is 59.2 Å². The number of halogens is 2. The van der Waals surface area contributed by atoms with Gasteiger partial charge >= 0.3 is 0 Å². The number of rotatable bonds is 13. The standard InChI is InChI=1S/C27H35F2N3O3/c1-5-6-15-34-18-23(33)16-31(19(2)3)17-24-20(4)30-32(22-13-11-21(28)12-14-22)27(24)35-26-10-8-7-9-25(26)29/h7-14,19,23,33H,5-6,15-18H2,1-4H3/t23-/m0/s1. The Morgan fingerprint density at radius 2 is 1.80 bits per heavy atom. The van der Waals surface area contributed by atoms with Gasteiger partial charge in [-0.25, -0.2) is 13.5 Å². The van der Waals surface area contributed by atoms with E-state index in [4.69, 9.17) is 9.47 Å². The lowest BCUT2D eigenvalue weighted by Gasteiger charge is -2.29. The number of hydrogen-bond acceptors (Lipinski definition) is 5. The number of aromatic nitrogens is 2. The topological polar surface area (TPSA) is 59.8 Å². The fourth-order valence-corrected chi connectivity index (χ4v) is 3.66. The van der Waals surface area contributed by atoms with Gasteiger partial charge in [-0.2, -0.15) is 5.10 Å². The molecule has 8 heteroatoms. The molecule has 0 unspecified atom stereocenters. The molecule has 6 nitrogen and oxygen atoms in total. The third-order valence-corrected chi connectivity index (χ3v) is 5.74. The number of aliphatic hydroxyl groups is 1. The van der Waals surface area contributed by atoms with Crippen molar-refractivity contribution in [1.82, 2.24) is 14.7 Å². The molecule has 1 N–H and O–H groups in total. The van der Waals surface area contributed by atoms with Gasteiger partial charge in [0.1, 0.15) is 5.82 Å². The Hall–Kier alpha value is -2.81. The van der Waals surface area contributed by atoms with Crippen LogP contribution in [0.1, 0.15) is 44.9 Å². The Balaban J connectivity index is 1.91. The minimum absolute atomic E-state index is 0.0671. The lowest BCUT2D eigenvalue weighted by molar-refractivity contribution is 0.00842. The van der Waals surface area contributed by atoms with Crippen molar-refractivity contribution in [3.05, 3.63) is 71.4 Å². The lowest BCUT2D eigenvalue weighted by atomic mass is 10.2. The van der Waals surface area contributed by atoms with E-state index in [1.165, 1.54) is 18.2 Å². The van der Waals surface area contributed by atoms with Crippen molar-refractivity contribution in [3.8, 4) is 17.3 Å². The highest BCUT2D eigenvalue weighted by Gasteiger charge is 2.24. The summed E-state index contributed by atoms with van der Waals surface area (Å²) in [5.41, 5.74) is 2.04. The summed E-state index contributed by atoms with van der Waals surface area (Å²) in [4.78, 5) is 2.10. The Kier molecular flexibility index (Phi) is 9.77. The number of para-hydroxylation sites is 1. The van der Waals surface area contributed by atoms with E-state index < -0.39 is 11.9 Å². The normalized spacial score (nSPS) is 12.5. The van der Waals surface area contributed by atoms with E-state index in [0.29, 0.717) is 37.0 Å². The molecule has 0 spiro atoms. The van der Waals surface area contributed by atoms with E-state index in [0.717, 1.165) is 18.4 Å². The van der Waals surface area contributed by atoms with Gasteiger partial charge in [-0.05, 0) is 63.6 Å². The first kappa shape index (κ1) is 26.8. The van der Waals surface area contributed by atoms with Crippen LogP contribution in [0, 0.1) is 18.6 Å². The lowest BCUT2D eigenvalue weighted by Crippen LogP contribution is -2.39. The van der Waals surface area contributed by atoms with Crippen LogP contribution in [0.15, 0.2) is 48.5 Å². The Morgan fingerprint density at radius 1 is 1.09 bits per heavy atom. The van der Waals surface area contributed by atoms with Gasteiger partial charge in [0.15, 0.2) is 11.6 Å². The third-order valence-electron chi connectivity index (χ3n) is 5.74. The van der Waals surface area contributed by atoms with Crippen molar-refractivity contribution in [2.24, 2.45) is 0 Å². The van der Waals surface area contributed by atoms with Crippen LogP contribution in [0.4, 0.5) is 8.78 Å². The van der Waals surface area contributed by atoms with Crippen molar-refractivity contribution >= 4 is 0 Å². The van der Waals surface area contributed by atoms with E-state index in [-0.39, 0.29) is 24.2 Å². The minimum atomic E-state index is -0.655. The summed E-state index contributed by atoms with van der Waals surface area (Å²) >= 11 is 0. The largest absolute Gasteiger partial charge is 0.435 e. The maximum Gasteiger partial charge on any atom is 0.227 e. The van der Waals surface area contributed by atoms with Crippen LogP contribution < -0.4 is 4.74 Å². The predicted molar refractivity (Wildman–Crippen MR) is 132 cm³/mol. The van der Waals surface area contributed by atoms with Crippen LogP contribution in [0.3, 0.4) is 0 Å². The maximum atomic E-state index is 14.5. The van der Waals surface area contributed by atoms with E-state index in [1.54, 1.807) is 35.0 Å². The van der Waals surface area contributed by atoms with Gasteiger partial charge in [0.25, 0.3) is 0 Å². The summed E-state index contributed by atoms with van der Waals surface area (Å²) in [5, 5.41) is 15.2. The second kappa shape index (κ2) is 12.8. The molecule has 2 aromatic carbocycles. The average molecular weight is 488 g/mol. The molecule has 0 aliphatic carbocycles. The summed E-state index contributed by atoms with van der Waals surface area (Å²) < 4.78 is 41.2. The fraction of sp³-hybridized carbons (Fsp3) is 0.444. The van der Waals surface area contributed by atoms with Crippen LogP contribution in [0.25, 0.3) is 5.69 Å². The van der Waals surface area contributed by atoms with E-state index in [9.17, 15) is 13.9 Å². The summed E-state index contributed by atoms with van der Waals surface area (Å²) in [6.45, 7) is 9.73. The monoisotopic (exact) mass is 487 g/mol. The van der Waals surface area contributed by atoms with Gasteiger partial charge in [0, 0.05) is 25.7 Å². The molecule has 0 aliphatic rings. The Bertz CT molecular complexity index is 1070. The van der Waals surface area contributed by atoms with E-state index in [1.807, 2.05) is 20.8 Å². The van der Waals surface area contributed by atoms with E-state index in [2.05, 4.69) is 16.9 Å². The summed E-state index contributed by atoms with van der Waals surface area (Å²) in [7, 11) is 0. The number of unbranched alkanes of at least 4 members (excludes halogenated alkanes) is 1. The zero-order chi connectivity index (χ0) is 25.4. The van der Waals surface area contributed by atoms with Crippen molar-refractivity contribution in [1.29, 1.82) is 0 Å². The average Bonchev–Trinajstić information content (AvgIpc) is 3.13. The number of hydrogen-bond donors (Lipinski definition) is 1. The van der Waals surface area contributed by atoms with Crippen molar-refractivity contribution in [2.75, 3.05) is 19.8 Å². The molecule has 0 amide bonds. The number of aryl methyl sites for hydroxylation is 1. The molecule has 190 valence electrons. The molecule has 0 aliphatic heterocycles. The zero-order valence-electron chi connectivity index (χ0n) is 20.9. The molecule has 35 heavy (non-hydrogen) atoms. The second-order valence-corrected chi connectivity index (χ2v) is 8.90. The number of benzene rings is 2.